The van der Waals surface area contributed by atoms with Crippen molar-refractivity contribution >= 4 is 17.7 Å². The van der Waals surface area contributed by atoms with Crippen LogP contribution < -0.4 is 10.1 Å². The van der Waals surface area contributed by atoms with E-state index in [1.54, 1.807) is 6.08 Å². The molecule has 26 heavy (non-hydrogen) atoms. The topological polar surface area (TPSA) is 62.1 Å². The lowest BCUT2D eigenvalue weighted by Crippen LogP contribution is -2.15. The summed E-state index contributed by atoms with van der Waals surface area (Å²) in [5, 5.41) is 12.2. The first kappa shape index (κ1) is 19.3. The number of anilines is 1. The van der Waals surface area contributed by atoms with Crippen LogP contribution in [0.5, 0.6) is 5.75 Å². The minimum Gasteiger partial charge on any atom is -0.494 e. The van der Waals surface area contributed by atoms with Crippen LogP contribution in [0.3, 0.4) is 0 Å². The summed E-state index contributed by atoms with van der Waals surface area (Å²) >= 11 is 0. The minimum absolute atomic E-state index is 0.0617. The lowest BCUT2D eigenvalue weighted by Gasteiger charge is -2.12. The van der Waals surface area contributed by atoms with Gasteiger partial charge in [-0.15, -0.1) is 0 Å². The number of ether oxygens (including phenoxy) is 1. The van der Waals surface area contributed by atoms with Crippen molar-refractivity contribution in [2.24, 2.45) is 0 Å². The molecule has 0 atom stereocenters. The zero-order valence-electron chi connectivity index (χ0n) is 15.7. The molecule has 0 aliphatic rings. The average Bonchev–Trinajstić information content (AvgIpc) is 2.61. The van der Waals surface area contributed by atoms with Crippen molar-refractivity contribution < 1.29 is 9.53 Å². The van der Waals surface area contributed by atoms with Crippen LogP contribution in [0.4, 0.5) is 5.69 Å². The van der Waals surface area contributed by atoms with Gasteiger partial charge in [-0.05, 0) is 62.1 Å². The molecule has 0 heterocycles. The molecule has 0 aromatic heterocycles. The first-order chi connectivity index (χ1) is 12.4. The number of hydrogen-bond donors (Lipinski definition) is 1. The van der Waals surface area contributed by atoms with Crippen LogP contribution in [0.15, 0.2) is 42.0 Å². The Labute approximate surface area is 155 Å². The highest BCUT2D eigenvalue weighted by Crippen LogP contribution is 2.23. The number of carbonyl (C=O) groups excluding carboxylic acids is 1. The molecule has 1 amide bonds. The van der Waals surface area contributed by atoms with Crippen LogP contribution in [0.2, 0.25) is 0 Å². The van der Waals surface area contributed by atoms with Crippen LogP contribution in [-0.2, 0) is 4.79 Å². The van der Waals surface area contributed by atoms with E-state index in [2.05, 4.69) is 5.32 Å². The molecular weight excluding hydrogens is 324 g/mol. The normalized spacial score (nSPS) is 11.0. The summed E-state index contributed by atoms with van der Waals surface area (Å²) in [5.41, 5.74) is 4.69. The van der Waals surface area contributed by atoms with Crippen molar-refractivity contribution in [3.8, 4) is 11.8 Å². The summed E-state index contributed by atoms with van der Waals surface area (Å²) in [6.45, 7) is 8.61. The van der Waals surface area contributed by atoms with Gasteiger partial charge < -0.3 is 10.1 Å². The minimum atomic E-state index is -0.408. The van der Waals surface area contributed by atoms with Gasteiger partial charge in [-0.25, -0.2) is 0 Å². The van der Waals surface area contributed by atoms with Gasteiger partial charge in [0.2, 0.25) is 0 Å². The monoisotopic (exact) mass is 348 g/mol. The summed E-state index contributed by atoms with van der Waals surface area (Å²) in [6.07, 6.45) is 2.52. The van der Waals surface area contributed by atoms with E-state index in [0.717, 1.165) is 40.1 Å². The van der Waals surface area contributed by atoms with Crippen molar-refractivity contribution in [3.05, 3.63) is 64.2 Å². The van der Waals surface area contributed by atoms with E-state index in [9.17, 15) is 10.1 Å². The van der Waals surface area contributed by atoms with Crippen molar-refractivity contribution in [3.63, 3.8) is 0 Å². The zero-order valence-corrected chi connectivity index (χ0v) is 15.7. The Morgan fingerprint density at radius 3 is 2.31 bits per heavy atom. The summed E-state index contributed by atoms with van der Waals surface area (Å²) in [6, 6.07) is 13.3. The van der Waals surface area contributed by atoms with Crippen molar-refractivity contribution in [1.82, 2.24) is 0 Å². The predicted molar refractivity (Wildman–Crippen MR) is 105 cm³/mol. The molecule has 1 N–H and O–H groups in total. The molecule has 4 heteroatoms. The number of nitrogens with zero attached hydrogens (tertiary/aromatic N) is 1. The summed E-state index contributed by atoms with van der Waals surface area (Å²) in [7, 11) is 0. The van der Waals surface area contributed by atoms with Crippen molar-refractivity contribution in [1.29, 1.82) is 5.26 Å². The largest absolute Gasteiger partial charge is 0.494 e. The number of amides is 1. The van der Waals surface area contributed by atoms with Crippen LogP contribution in [0.1, 0.15) is 35.6 Å². The van der Waals surface area contributed by atoms with E-state index in [0.29, 0.717) is 6.61 Å². The third-order valence-electron chi connectivity index (χ3n) is 3.94. The molecule has 4 nitrogen and oxygen atoms in total. The van der Waals surface area contributed by atoms with E-state index in [1.165, 1.54) is 0 Å². The van der Waals surface area contributed by atoms with Crippen LogP contribution >= 0.6 is 0 Å². The van der Waals surface area contributed by atoms with Gasteiger partial charge >= 0.3 is 0 Å². The summed E-state index contributed by atoms with van der Waals surface area (Å²) in [4.78, 5) is 12.5. The molecule has 0 aliphatic heterocycles. The first-order valence-electron chi connectivity index (χ1n) is 8.68. The van der Waals surface area contributed by atoms with Crippen LogP contribution in [0.25, 0.3) is 6.08 Å². The Bertz CT molecular complexity index is 836. The maximum Gasteiger partial charge on any atom is 0.266 e. The van der Waals surface area contributed by atoms with Gasteiger partial charge in [0.1, 0.15) is 17.4 Å². The van der Waals surface area contributed by atoms with Gasteiger partial charge in [-0.2, -0.15) is 5.26 Å². The van der Waals surface area contributed by atoms with Crippen LogP contribution in [0, 0.1) is 32.1 Å². The Morgan fingerprint density at radius 2 is 1.77 bits per heavy atom. The van der Waals surface area contributed by atoms with Crippen LogP contribution in [-0.4, -0.2) is 12.5 Å². The molecule has 0 bridgehead atoms. The number of carbonyl (C=O) groups is 1. The van der Waals surface area contributed by atoms with Gasteiger partial charge in [-0.1, -0.05) is 36.8 Å². The van der Waals surface area contributed by atoms with Gasteiger partial charge in [0.15, 0.2) is 0 Å². The second kappa shape index (κ2) is 8.87. The van der Waals surface area contributed by atoms with Gasteiger partial charge in [0, 0.05) is 5.69 Å². The molecule has 0 aliphatic carbocycles. The number of hydrogen-bond acceptors (Lipinski definition) is 3. The third kappa shape index (κ3) is 4.97. The molecule has 0 radical (unpaired) electrons. The molecule has 0 spiro atoms. The number of benzene rings is 2. The Kier molecular flexibility index (Phi) is 6.57. The SMILES string of the molecule is CCCOc1ccc(/C=C(\C#N)C(=O)Nc2c(C)cc(C)cc2C)cc1. The molecule has 134 valence electrons. The molecule has 0 saturated heterocycles. The van der Waals surface area contributed by atoms with E-state index < -0.39 is 5.91 Å². The predicted octanol–water partition coefficient (Wildman–Crippen LogP) is 4.95. The second-order valence-electron chi connectivity index (χ2n) is 6.32. The number of rotatable bonds is 6. The second-order valence-corrected chi connectivity index (χ2v) is 6.32. The number of nitrogens with one attached hydrogen (secondary N) is 1. The third-order valence-corrected chi connectivity index (χ3v) is 3.94. The first-order valence-corrected chi connectivity index (χ1v) is 8.68. The fourth-order valence-corrected chi connectivity index (χ4v) is 2.75. The molecule has 0 saturated carbocycles. The number of nitriles is 1. The Balaban J connectivity index is 2.18. The Hall–Kier alpha value is -3.06. The number of aryl methyl sites for hydroxylation is 3. The molecule has 2 aromatic rings. The van der Waals surface area contributed by atoms with E-state index in [4.69, 9.17) is 4.74 Å². The van der Waals surface area contributed by atoms with E-state index in [-0.39, 0.29) is 5.57 Å². The Morgan fingerprint density at radius 1 is 1.15 bits per heavy atom. The average molecular weight is 348 g/mol. The van der Waals surface area contributed by atoms with Gasteiger partial charge in [0.25, 0.3) is 5.91 Å². The quantitative estimate of drug-likeness (QED) is 0.594. The van der Waals surface area contributed by atoms with Crippen molar-refractivity contribution in [2.75, 3.05) is 11.9 Å². The summed E-state index contributed by atoms with van der Waals surface area (Å²) in [5.74, 6) is 0.367. The standard InChI is InChI=1S/C22H24N2O2/c1-5-10-26-20-8-6-18(7-9-20)13-19(14-23)22(25)24-21-16(3)11-15(2)12-17(21)4/h6-9,11-13H,5,10H2,1-4H3,(H,24,25)/b19-13+. The van der Waals surface area contributed by atoms with Gasteiger partial charge in [-0.3, -0.25) is 4.79 Å². The lowest BCUT2D eigenvalue weighted by atomic mass is 10.0. The fourth-order valence-electron chi connectivity index (χ4n) is 2.75. The molecule has 2 aromatic carbocycles. The highest BCUT2D eigenvalue weighted by atomic mass is 16.5. The highest BCUT2D eigenvalue weighted by molar-refractivity contribution is 6.10. The van der Waals surface area contributed by atoms with Gasteiger partial charge in [0.05, 0.1) is 6.61 Å². The smallest absolute Gasteiger partial charge is 0.266 e. The highest BCUT2D eigenvalue weighted by Gasteiger charge is 2.13. The molecular formula is C22H24N2O2. The molecule has 0 unspecified atom stereocenters. The maximum atomic E-state index is 12.5. The lowest BCUT2D eigenvalue weighted by molar-refractivity contribution is -0.112. The maximum absolute atomic E-state index is 12.5. The molecule has 0 fully saturated rings. The molecule has 2 rings (SSSR count). The van der Waals surface area contributed by atoms with Crippen molar-refractivity contribution in [2.45, 2.75) is 34.1 Å². The summed E-state index contributed by atoms with van der Waals surface area (Å²) < 4.78 is 5.54. The van der Waals surface area contributed by atoms with E-state index >= 15 is 0 Å². The fraction of sp³-hybridized carbons (Fsp3) is 0.273. The van der Waals surface area contributed by atoms with E-state index in [1.807, 2.05) is 70.2 Å². The zero-order chi connectivity index (χ0) is 19.1.